The first-order valence-corrected chi connectivity index (χ1v) is 7.97. The van der Waals surface area contributed by atoms with Gasteiger partial charge in [0.25, 0.3) is 0 Å². The monoisotopic (exact) mass is 323 g/mol. The topological polar surface area (TPSA) is 69.0 Å². The lowest BCUT2D eigenvalue weighted by molar-refractivity contribution is 0.0122. The Bertz CT molecular complexity index is 510. The molecule has 0 saturated carbocycles. The number of likely N-dealkylation sites (tertiary alicyclic amines) is 1. The zero-order chi connectivity index (χ0) is 16.9. The van der Waals surface area contributed by atoms with Crippen LogP contribution in [-0.2, 0) is 9.47 Å². The van der Waals surface area contributed by atoms with Gasteiger partial charge in [-0.15, -0.1) is 0 Å². The first-order chi connectivity index (χ1) is 10.8. The highest BCUT2D eigenvalue weighted by Crippen LogP contribution is 2.20. The van der Waals surface area contributed by atoms with E-state index in [1.54, 1.807) is 17.0 Å². The zero-order valence-electron chi connectivity index (χ0n) is 14.0. The predicted octanol–water partition coefficient (Wildman–Crippen LogP) is 3.13. The van der Waals surface area contributed by atoms with E-state index in [2.05, 4.69) is 0 Å². The van der Waals surface area contributed by atoms with E-state index >= 15 is 0 Å². The van der Waals surface area contributed by atoms with Gasteiger partial charge in [0.05, 0.1) is 12.9 Å². The van der Waals surface area contributed by atoms with Gasteiger partial charge < -0.3 is 18.8 Å². The van der Waals surface area contributed by atoms with E-state index in [-0.39, 0.29) is 18.5 Å². The normalized spacial score (nSPS) is 16.4. The Hall–Kier alpha value is -1.82. The first kappa shape index (κ1) is 17.5. The number of furan rings is 1. The Morgan fingerprint density at radius 1 is 1.30 bits per heavy atom. The van der Waals surface area contributed by atoms with Crippen molar-refractivity contribution in [3.8, 4) is 0 Å². The lowest BCUT2D eigenvalue weighted by Crippen LogP contribution is -2.42. The molecule has 1 fully saturated rings. The van der Waals surface area contributed by atoms with Crippen molar-refractivity contribution in [3.05, 3.63) is 24.2 Å². The zero-order valence-corrected chi connectivity index (χ0v) is 14.0. The Labute approximate surface area is 136 Å². The second kappa shape index (κ2) is 7.64. The number of amides is 1. The molecule has 2 rings (SSSR count). The summed E-state index contributed by atoms with van der Waals surface area (Å²) in [5.41, 5.74) is -0.469. The average Bonchev–Trinajstić information content (AvgIpc) is 3.00. The number of carbonyl (C=O) groups is 2. The highest BCUT2D eigenvalue weighted by molar-refractivity contribution is 5.94. The molecule has 6 heteroatoms. The smallest absolute Gasteiger partial charge is 0.410 e. The van der Waals surface area contributed by atoms with Crippen molar-refractivity contribution < 1.29 is 23.5 Å². The minimum atomic E-state index is -0.469. The van der Waals surface area contributed by atoms with Crippen molar-refractivity contribution in [2.75, 3.05) is 26.3 Å². The van der Waals surface area contributed by atoms with Crippen LogP contribution in [0, 0.1) is 5.92 Å². The van der Waals surface area contributed by atoms with Gasteiger partial charge in [-0.05, 0) is 51.7 Å². The third-order valence-electron chi connectivity index (χ3n) is 3.65. The van der Waals surface area contributed by atoms with Crippen LogP contribution >= 0.6 is 0 Å². The van der Waals surface area contributed by atoms with E-state index in [1.165, 1.54) is 6.26 Å². The minimum Gasteiger partial charge on any atom is -0.461 e. The fourth-order valence-corrected chi connectivity index (χ4v) is 2.44. The number of hydrogen-bond donors (Lipinski definition) is 0. The van der Waals surface area contributed by atoms with E-state index in [0.29, 0.717) is 31.4 Å². The number of carbonyl (C=O) groups excluding carboxylic acids is 2. The molecule has 1 amide bonds. The molecule has 0 aromatic carbocycles. The molecular weight excluding hydrogens is 298 g/mol. The average molecular weight is 323 g/mol. The molecule has 1 aliphatic rings. The van der Waals surface area contributed by atoms with Gasteiger partial charge in [0.2, 0.25) is 5.78 Å². The fraction of sp³-hybridized carbons (Fsp3) is 0.647. The summed E-state index contributed by atoms with van der Waals surface area (Å²) >= 11 is 0. The van der Waals surface area contributed by atoms with Gasteiger partial charge in [0.1, 0.15) is 12.2 Å². The van der Waals surface area contributed by atoms with Crippen molar-refractivity contribution >= 4 is 11.9 Å². The summed E-state index contributed by atoms with van der Waals surface area (Å²) in [4.78, 5) is 25.4. The van der Waals surface area contributed by atoms with Crippen LogP contribution in [0.5, 0.6) is 0 Å². The Balaban J connectivity index is 1.65. The molecule has 2 heterocycles. The van der Waals surface area contributed by atoms with Crippen molar-refractivity contribution in [2.45, 2.75) is 39.2 Å². The summed E-state index contributed by atoms with van der Waals surface area (Å²) in [5.74, 6) is 0.532. The second-order valence-corrected chi connectivity index (χ2v) is 6.83. The molecule has 1 aromatic heterocycles. The molecule has 1 saturated heterocycles. The van der Waals surface area contributed by atoms with Crippen LogP contribution in [0.15, 0.2) is 22.8 Å². The molecule has 6 nitrogen and oxygen atoms in total. The van der Waals surface area contributed by atoms with Gasteiger partial charge in [-0.2, -0.15) is 0 Å². The van der Waals surface area contributed by atoms with Crippen LogP contribution in [0.2, 0.25) is 0 Å². The summed E-state index contributed by atoms with van der Waals surface area (Å²) < 4.78 is 15.9. The maximum Gasteiger partial charge on any atom is 0.410 e. The lowest BCUT2D eigenvalue weighted by Gasteiger charge is -2.33. The van der Waals surface area contributed by atoms with Gasteiger partial charge in [-0.1, -0.05) is 0 Å². The third kappa shape index (κ3) is 5.71. The standard InChI is InChI=1S/C17H25NO5/c1-17(2,3)23-16(20)18-8-6-13(7-9-18)11-21-12-14(19)15-5-4-10-22-15/h4-5,10,13H,6-9,11-12H2,1-3H3. The number of Topliss-reactive ketones (excluding diaryl/α,β-unsaturated/α-hetero) is 1. The molecule has 0 radical (unpaired) electrons. The van der Waals surface area contributed by atoms with Gasteiger partial charge in [-0.3, -0.25) is 4.79 Å². The number of hydrogen-bond acceptors (Lipinski definition) is 5. The highest BCUT2D eigenvalue weighted by atomic mass is 16.6. The molecule has 0 N–H and O–H groups in total. The Morgan fingerprint density at radius 2 is 2.00 bits per heavy atom. The van der Waals surface area contributed by atoms with Crippen molar-refractivity contribution in [1.82, 2.24) is 4.90 Å². The number of piperidine rings is 1. The van der Waals surface area contributed by atoms with Crippen molar-refractivity contribution in [1.29, 1.82) is 0 Å². The quantitative estimate of drug-likeness (QED) is 0.779. The predicted molar refractivity (Wildman–Crippen MR) is 84.4 cm³/mol. The largest absolute Gasteiger partial charge is 0.461 e. The molecule has 1 aromatic rings. The molecule has 0 bridgehead atoms. The molecule has 0 atom stereocenters. The van der Waals surface area contributed by atoms with E-state index in [4.69, 9.17) is 13.9 Å². The number of nitrogens with zero attached hydrogens (tertiary/aromatic N) is 1. The molecule has 0 unspecified atom stereocenters. The summed E-state index contributed by atoms with van der Waals surface area (Å²) in [7, 11) is 0. The minimum absolute atomic E-state index is 0.0276. The number of ether oxygens (including phenoxy) is 2. The highest BCUT2D eigenvalue weighted by Gasteiger charge is 2.27. The van der Waals surface area contributed by atoms with Crippen molar-refractivity contribution in [2.24, 2.45) is 5.92 Å². The first-order valence-electron chi connectivity index (χ1n) is 7.97. The lowest BCUT2D eigenvalue weighted by atomic mass is 9.98. The van der Waals surface area contributed by atoms with Crippen LogP contribution in [0.25, 0.3) is 0 Å². The maximum atomic E-state index is 12.0. The Kier molecular flexibility index (Phi) is 5.82. The summed E-state index contributed by atoms with van der Waals surface area (Å²) in [6, 6.07) is 3.31. The molecule has 0 spiro atoms. The van der Waals surface area contributed by atoms with E-state index in [1.807, 2.05) is 20.8 Å². The van der Waals surface area contributed by atoms with E-state index < -0.39 is 5.60 Å². The second-order valence-electron chi connectivity index (χ2n) is 6.83. The van der Waals surface area contributed by atoms with E-state index in [0.717, 1.165) is 12.8 Å². The molecular formula is C17H25NO5. The maximum absolute atomic E-state index is 12.0. The van der Waals surface area contributed by atoms with Crippen LogP contribution in [-0.4, -0.2) is 48.7 Å². The van der Waals surface area contributed by atoms with Gasteiger partial charge >= 0.3 is 6.09 Å². The fourth-order valence-electron chi connectivity index (χ4n) is 2.44. The van der Waals surface area contributed by atoms with Crippen LogP contribution in [0.4, 0.5) is 4.79 Å². The SMILES string of the molecule is CC(C)(C)OC(=O)N1CCC(COCC(=O)c2ccco2)CC1. The number of rotatable bonds is 5. The number of ketones is 1. The third-order valence-corrected chi connectivity index (χ3v) is 3.65. The molecule has 0 aliphatic carbocycles. The summed E-state index contributed by atoms with van der Waals surface area (Å²) in [6.07, 6.45) is 2.92. The van der Waals surface area contributed by atoms with Crippen molar-refractivity contribution in [3.63, 3.8) is 0 Å². The van der Waals surface area contributed by atoms with Gasteiger partial charge in [0, 0.05) is 13.1 Å². The summed E-state index contributed by atoms with van der Waals surface area (Å²) in [5, 5.41) is 0. The van der Waals surface area contributed by atoms with Crippen LogP contribution in [0.3, 0.4) is 0 Å². The van der Waals surface area contributed by atoms with Crippen LogP contribution in [0.1, 0.15) is 44.2 Å². The van der Waals surface area contributed by atoms with E-state index in [9.17, 15) is 9.59 Å². The van der Waals surface area contributed by atoms with Gasteiger partial charge in [0.15, 0.2) is 5.76 Å². The van der Waals surface area contributed by atoms with Gasteiger partial charge in [-0.25, -0.2) is 4.79 Å². The summed E-state index contributed by atoms with van der Waals surface area (Å²) in [6.45, 7) is 7.46. The molecule has 23 heavy (non-hydrogen) atoms. The molecule has 1 aliphatic heterocycles. The Morgan fingerprint density at radius 3 is 2.57 bits per heavy atom. The molecule has 128 valence electrons. The van der Waals surface area contributed by atoms with Crippen LogP contribution < -0.4 is 0 Å².